The van der Waals surface area contributed by atoms with Gasteiger partial charge in [0, 0.05) is 15.7 Å². The fraction of sp³-hybridized carbons (Fsp3) is 0.0667. The SMILES string of the molecule is O=C(O)Cc1ccccc1NC(=O)c1ccc(Br)cc1. The fourth-order valence-electron chi connectivity index (χ4n) is 1.76. The summed E-state index contributed by atoms with van der Waals surface area (Å²) < 4.78 is 0.889. The summed E-state index contributed by atoms with van der Waals surface area (Å²) in [5.41, 5.74) is 1.60. The van der Waals surface area contributed by atoms with Crippen LogP contribution in [0.4, 0.5) is 5.69 Å². The normalized spacial score (nSPS) is 10.1. The van der Waals surface area contributed by atoms with Crippen molar-refractivity contribution in [3.8, 4) is 0 Å². The fourth-order valence-corrected chi connectivity index (χ4v) is 2.02. The minimum atomic E-state index is -0.935. The molecule has 0 radical (unpaired) electrons. The zero-order chi connectivity index (χ0) is 14.5. The highest BCUT2D eigenvalue weighted by atomic mass is 79.9. The summed E-state index contributed by atoms with van der Waals surface area (Å²) >= 11 is 3.30. The molecule has 102 valence electrons. The molecular weight excluding hydrogens is 322 g/mol. The molecule has 0 saturated heterocycles. The van der Waals surface area contributed by atoms with Crippen LogP contribution in [0.2, 0.25) is 0 Å². The van der Waals surface area contributed by atoms with Gasteiger partial charge < -0.3 is 10.4 Å². The first-order valence-corrected chi connectivity index (χ1v) is 6.72. The second kappa shape index (κ2) is 6.34. The zero-order valence-electron chi connectivity index (χ0n) is 10.5. The van der Waals surface area contributed by atoms with Crippen molar-refractivity contribution in [2.75, 3.05) is 5.32 Å². The van der Waals surface area contributed by atoms with Gasteiger partial charge in [-0.25, -0.2) is 0 Å². The Labute approximate surface area is 124 Å². The van der Waals surface area contributed by atoms with Gasteiger partial charge >= 0.3 is 5.97 Å². The van der Waals surface area contributed by atoms with Crippen LogP contribution in [-0.4, -0.2) is 17.0 Å². The molecular formula is C15H12BrNO3. The van der Waals surface area contributed by atoms with E-state index in [4.69, 9.17) is 5.11 Å². The molecule has 0 aliphatic rings. The lowest BCUT2D eigenvalue weighted by Gasteiger charge is -2.09. The van der Waals surface area contributed by atoms with E-state index in [0.29, 0.717) is 16.8 Å². The molecule has 0 heterocycles. The van der Waals surface area contributed by atoms with Crippen LogP contribution in [0.15, 0.2) is 53.0 Å². The van der Waals surface area contributed by atoms with Crippen LogP contribution in [0.5, 0.6) is 0 Å². The summed E-state index contributed by atoms with van der Waals surface area (Å²) in [5, 5.41) is 11.6. The van der Waals surface area contributed by atoms with Gasteiger partial charge in [0.25, 0.3) is 5.91 Å². The Balaban J connectivity index is 2.19. The van der Waals surface area contributed by atoms with E-state index in [1.54, 1.807) is 48.5 Å². The molecule has 0 bridgehead atoms. The third kappa shape index (κ3) is 3.68. The number of anilines is 1. The predicted molar refractivity (Wildman–Crippen MR) is 79.9 cm³/mol. The molecule has 4 nitrogen and oxygen atoms in total. The van der Waals surface area contributed by atoms with Gasteiger partial charge in [-0.1, -0.05) is 34.1 Å². The average molecular weight is 334 g/mol. The Morgan fingerprint density at radius 1 is 1.05 bits per heavy atom. The summed E-state index contributed by atoms with van der Waals surface area (Å²) in [6, 6.07) is 13.8. The number of para-hydroxylation sites is 1. The first kappa shape index (κ1) is 14.3. The molecule has 2 rings (SSSR count). The maximum Gasteiger partial charge on any atom is 0.307 e. The molecule has 0 aliphatic carbocycles. The smallest absolute Gasteiger partial charge is 0.307 e. The summed E-state index contributed by atoms with van der Waals surface area (Å²) in [7, 11) is 0. The minimum Gasteiger partial charge on any atom is -0.481 e. The van der Waals surface area contributed by atoms with Gasteiger partial charge in [0.2, 0.25) is 0 Å². The number of benzene rings is 2. The number of hydrogen-bond donors (Lipinski definition) is 2. The van der Waals surface area contributed by atoms with Crippen molar-refractivity contribution in [3.05, 3.63) is 64.1 Å². The molecule has 0 aromatic heterocycles. The van der Waals surface area contributed by atoms with Crippen molar-refractivity contribution < 1.29 is 14.7 Å². The Morgan fingerprint density at radius 2 is 1.70 bits per heavy atom. The third-order valence-electron chi connectivity index (χ3n) is 2.71. The summed E-state index contributed by atoms with van der Waals surface area (Å²) in [6.45, 7) is 0. The molecule has 0 spiro atoms. The van der Waals surface area contributed by atoms with Gasteiger partial charge in [0.1, 0.15) is 0 Å². The van der Waals surface area contributed by atoms with Crippen LogP contribution in [0.3, 0.4) is 0 Å². The molecule has 0 atom stereocenters. The second-order valence-electron chi connectivity index (χ2n) is 4.19. The Hall–Kier alpha value is -2.14. The number of rotatable bonds is 4. The van der Waals surface area contributed by atoms with E-state index in [-0.39, 0.29) is 12.3 Å². The summed E-state index contributed by atoms with van der Waals surface area (Å²) in [6.07, 6.45) is -0.128. The molecule has 2 N–H and O–H groups in total. The topological polar surface area (TPSA) is 66.4 Å². The van der Waals surface area contributed by atoms with Crippen molar-refractivity contribution in [3.63, 3.8) is 0 Å². The van der Waals surface area contributed by atoms with Crippen molar-refractivity contribution in [1.29, 1.82) is 0 Å². The largest absolute Gasteiger partial charge is 0.481 e. The second-order valence-corrected chi connectivity index (χ2v) is 5.10. The Morgan fingerprint density at radius 3 is 2.35 bits per heavy atom. The number of halogens is 1. The maximum atomic E-state index is 12.1. The highest BCUT2D eigenvalue weighted by Gasteiger charge is 2.10. The highest BCUT2D eigenvalue weighted by Crippen LogP contribution is 2.18. The van der Waals surface area contributed by atoms with Crippen molar-refractivity contribution >= 4 is 33.5 Å². The Bertz CT molecular complexity index is 638. The van der Waals surface area contributed by atoms with E-state index >= 15 is 0 Å². The molecule has 0 aliphatic heterocycles. The third-order valence-corrected chi connectivity index (χ3v) is 3.24. The number of nitrogens with one attached hydrogen (secondary N) is 1. The first-order chi connectivity index (χ1) is 9.56. The predicted octanol–water partition coefficient (Wildman–Crippen LogP) is 3.33. The number of hydrogen-bond acceptors (Lipinski definition) is 2. The molecule has 1 amide bonds. The van der Waals surface area contributed by atoms with E-state index in [0.717, 1.165) is 4.47 Å². The van der Waals surface area contributed by atoms with Crippen molar-refractivity contribution in [2.24, 2.45) is 0 Å². The number of carbonyl (C=O) groups is 2. The van der Waals surface area contributed by atoms with Gasteiger partial charge in [-0.3, -0.25) is 9.59 Å². The van der Waals surface area contributed by atoms with Crippen LogP contribution < -0.4 is 5.32 Å². The number of carbonyl (C=O) groups excluding carboxylic acids is 1. The monoisotopic (exact) mass is 333 g/mol. The van der Waals surface area contributed by atoms with Gasteiger partial charge in [-0.15, -0.1) is 0 Å². The van der Waals surface area contributed by atoms with Gasteiger partial charge in [0.05, 0.1) is 6.42 Å². The quantitative estimate of drug-likeness (QED) is 0.901. The minimum absolute atomic E-state index is 0.128. The van der Waals surface area contributed by atoms with Gasteiger partial charge in [0.15, 0.2) is 0 Å². The van der Waals surface area contributed by atoms with Crippen molar-refractivity contribution in [1.82, 2.24) is 0 Å². The molecule has 0 unspecified atom stereocenters. The number of carboxylic acid groups (broad SMARTS) is 1. The first-order valence-electron chi connectivity index (χ1n) is 5.93. The lowest BCUT2D eigenvalue weighted by molar-refractivity contribution is -0.136. The van der Waals surface area contributed by atoms with Crippen LogP contribution in [-0.2, 0) is 11.2 Å². The van der Waals surface area contributed by atoms with Gasteiger partial charge in [-0.2, -0.15) is 0 Å². The number of amides is 1. The van der Waals surface area contributed by atoms with Crippen LogP contribution >= 0.6 is 15.9 Å². The van der Waals surface area contributed by atoms with E-state index in [9.17, 15) is 9.59 Å². The molecule has 0 saturated carbocycles. The number of aliphatic carboxylic acids is 1. The van der Waals surface area contributed by atoms with Crippen LogP contribution in [0.1, 0.15) is 15.9 Å². The molecule has 5 heteroatoms. The van der Waals surface area contributed by atoms with E-state index in [1.807, 2.05) is 0 Å². The average Bonchev–Trinajstić information content (AvgIpc) is 2.41. The lowest BCUT2D eigenvalue weighted by atomic mass is 10.1. The molecule has 2 aromatic rings. The lowest BCUT2D eigenvalue weighted by Crippen LogP contribution is -2.14. The van der Waals surface area contributed by atoms with Crippen LogP contribution in [0, 0.1) is 0 Å². The molecule has 0 fully saturated rings. The maximum absolute atomic E-state index is 12.1. The zero-order valence-corrected chi connectivity index (χ0v) is 12.1. The van der Waals surface area contributed by atoms with E-state index in [1.165, 1.54) is 0 Å². The van der Waals surface area contributed by atoms with Crippen LogP contribution in [0.25, 0.3) is 0 Å². The Kier molecular flexibility index (Phi) is 4.53. The molecule has 2 aromatic carbocycles. The molecule has 20 heavy (non-hydrogen) atoms. The number of carboxylic acids is 1. The standard InChI is InChI=1S/C15H12BrNO3/c16-12-7-5-10(6-8-12)15(20)17-13-4-2-1-3-11(13)9-14(18)19/h1-8H,9H2,(H,17,20)(H,18,19). The van der Waals surface area contributed by atoms with E-state index < -0.39 is 5.97 Å². The summed E-state index contributed by atoms with van der Waals surface area (Å²) in [4.78, 5) is 22.9. The van der Waals surface area contributed by atoms with Crippen molar-refractivity contribution in [2.45, 2.75) is 6.42 Å². The van der Waals surface area contributed by atoms with Gasteiger partial charge in [-0.05, 0) is 35.9 Å². The summed E-state index contributed by atoms with van der Waals surface area (Å²) in [5.74, 6) is -1.20. The highest BCUT2D eigenvalue weighted by molar-refractivity contribution is 9.10. The van der Waals surface area contributed by atoms with E-state index in [2.05, 4.69) is 21.2 Å².